The highest BCUT2D eigenvalue weighted by Gasteiger charge is 2.33. The summed E-state index contributed by atoms with van der Waals surface area (Å²) in [6.07, 6.45) is 3.68. The minimum atomic E-state index is 0.324. The van der Waals surface area contributed by atoms with Gasteiger partial charge >= 0.3 is 0 Å². The Morgan fingerprint density at radius 3 is 2.52 bits per heavy atom. The molecule has 0 aromatic rings. The third kappa shape index (κ3) is 7.12. The van der Waals surface area contributed by atoms with E-state index in [1.54, 1.807) is 0 Å². The number of hydrogen-bond donors (Lipinski definition) is 1. The molecule has 1 aliphatic heterocycles. The standard InChI is InChI=1S/C18H38N2O/c1-7-8-10-21-11-9-20-14-17(18(4,5)6)19-13-16(20)12-15(2)3/h15-17,19H,7-14H2,1-6H3. The number of nitrogens with zero attached hydrogens (tertiary/aromatic N) is 1. The number of rotatable bonds is 8. The van der Waals surface area contributed by atoms with Crippen molar-refractivity contribution in [3.63, 3.8) is 0 Å². The summed E-state index contributed by atoms with van der Waals surface area (Å²) in [4.78, 5) is 2.67. The fourth-order valence-corrected chi connectivity index (χ4v) is 3.02. The molecular formula is C18H38N2O. The van der Waals surface area contributed by atoms with Gasteiger partial charge in [-0.25, -0.2) is 0 Å². The molecule has 0 bridgehead atoms. The zero-order valence-electron chi connectivity index (χ0n) is 15.2. The van der Waals surface area contributed by atoms with Gasteiger partial charge in [-0.1, -0.05) is 48.0 Å². The molecule has 0 spiro atoms. The lowest BCUT2D eigenvalue weighted by Crippen LogP contribution is -2.61. The third-order valence-electron chi connectivity index (χ3n) is 4.49. The van der Waals surface area contributed by atoms with Gasteiger partial charge in [0.15, 0.2) is 0 Å². The quantitative estimate of drug-likeness (QED) is 0.694. The van der Waals surface area contributed by atoms with Crippen LogP contribution in [0.1, 0.15) is 60.8 Å². The van der Waals surface area contributed by atoms with Gasteiger partial charge in [0, 0.05) is 38.3 Å². The highest BCUT2D eigenvalue weighted by atomic mass is 16.5. The van der Waals surface area contributed by atoms with Gasteiger partial charge in [0.1, 0.15) is 0 Å². The Hall–Kier alpha value is -0.120. The number of ether oxygens (including phenoxy) is 1. The first kappa shape index (κ1) is 18.9. The van der Waals surface area contributed by atoms with E-state index in [4.69, 9.17) is 4.74 Å². The fourth-order valence-electron chi connectivity index (χ4n) is 3.02. The van der Waals surface area contributed by atoms with Crippen LogP contribution >= 0.6 is 0 Å². The Morgan fingerprint density at radius 1 is 1.24 bits per heavy atom. The first-order valence-electron chi connectivity index (χ1n) is 8.89. The molecule has 0 aromatic carbocycles. The second kappa shape index (κ2) is 9.12. The maximum Gasteiger partial charge on any atom is 0.0593 e. The summed E-state index contributed by atoms with van der Waals surface area (Å²) < 4.78 is 5.79. The van der Waals surface area contributed by atoms with Crippen LogP contribution in [0.4, 0.5) is 0 Å². The summed E-state index contributed by atoms with van der Waals surface area (Å²) in [5, 5.41) is 3.77. The molecule has 3 heteroatoms. The molecule has 2 unspecified atom stereocenters. The summed E-state index contributed by atoms with van der Waals surface area (Å²) in [5.41, 5.74) is 0.324. The van der Waals surface area contributed by atoms with Crippen molar-refractivity contribution in [2.24, 2.45) is 11.3 Å². The summed E-state index contributed by atoms with van der Waals surface area (Å²) in [6, 6.07) is 1.25. The van der Waals surface area contributed by atoms with E-state index in [0.29, 0.717) is 17.5 Å². The summed E-state index contributed by atoms with van der Waals surface area (Å²) in [7, 11) is 0. The van der Waals surface area contributed by atoms with E-state index in [9.17, 15) is 0 Å². The van der Waals surface area contributed by atoms with Crippen LogP contribution in [0.25, 0.3) is 0 Å². The van der Waals surface area contributed by atoms with Gasteiger partial charge < -0.3 is 10.1 Å². The molecular weight excluding hydrogens is 260 g/mol. The van der Waals surface area contributed by atoms with Crippen LogP contribution in [-0.4, -0.2) is 49.8 Å². The summed E-state index contributed by atoms with van der Waals surface area (Å²) in [6.45, 7) is 19.0. The molecule has 1 saturated heterocycles. The summed E-state index contributed by atoms with van der Waals surface area (Å²) >= 11 is 0. The average Bonchev–Trinajstić information content (AvgIpc) is 2.38. The first-order chi connectivity index (χ1) is 9.84. The van der Waals surface area contributed by atoms with Crippen molar-refractivity contribution in [3.05, 3.63) is 0 Å². The largest absolute Gasteiger partial charge is 0.380 e. The zero-order chi connectivity index (χ0) is 15.9. The minimum Gasteiger partial charge on any atom is -0.380 e. The Bertz CT molecular complexity index is 273. The van der Waals surface area contributed by atoms with Gasteiger partial charge in [-0.2, -0.15) is 0 Å². The maximum atomic E-state index is 5.79. The predicted molar refractivity (Wildman–Crippen MR) is 91.8 cm³/mol. The first-order valence-corrected chi connectivity index (χ1v) is 8.89. The molecule has 126 valence electrons. The molecule has 1 aliphatic rings. The molecule has 21 heavy (non-hydrogen) atoms. The lowest BCUT2D eigenvalue weighted by atomic mass is 9.84. The molecule has 1 heterocycles. The molecule has 1 N–H and O–H groups in total. The van der Waals surface area contributed by atoms with Crippen LogP contribution in [-0.2, 0) is 4.74 Å². The highest BCUT2D eigenvalue weighted by molar-refractivity contribution is 4.92. The van der Waals surface area contributed by atoms with Crippen LogP contribution in [0.5, 0.6) is 0 Å². The van der Waals surface area contributed by atoms with Crippen molar-refractivity contribution in [1.82, 2.24) is 10.2 Å². The molecule has 0 aromatic heterocycles. The van der Waals surface area contributed by atoms with Gasteiger partial charge in [-0.3, -0.25) is 4.90 Å². The number of nitrogens with one attached hydrogen (secondary N) is 1. The smallest absolute Gasteiger partial charge is 0.0593 e. The van der Waals surface area contributed by atoms with Crippen molar-refractivity contribution in [1.29, 1.82) is 0 Å². The lowest BCUT2D eigenvalue weighted by molar-refractivity contribution is 0.0392. The van der Waals surface area contributed by atoms with E-state index in [1.165, 1.54) is 19.3 Å². The van der Waals surface area contributed by atoms with Gasteiger partial charge in [-0.15, -0.1) is 0 Å². The average molecular weight is 299 g/mol. The second-order valence-electron chi connectivity index (χ2n) is 8.07. The van der Waals surface area contributed by atoms with Crippen LogP contribution in [0.3, 0.4) is 0 Å². The van der Waals surface area contributed by atoms with E-state index in [1.807, 2.05) is 0 Å². The fraction of sp³-hybridized carbons (Fsp3) is 1.00. The van der Waals surface area contributed by atoms with Crippen LogP contribution < -0.4 is 5.32 Å². The monoisotopic (exact) mass is 298 g/mol. The molecule has 1 fully saturated rings. The van der Waals surface area contributed by atoms with Crippen LogP contribution in [0.15, 0.2) is 0 Å². The molecule has 0 radical (unpaired) electrons. The molecule has 2 atom stereocenters. The predicted octanol–water partition coefficient (Wildman–Crippen LogP) is 3.54. The zero-order valence-corrected chi connectivity index (χ0v) is 15.2. The Labute approximate surface area is 132 Å². The number of piperazine rings is 1. The normalized spacial score (nSPS) is 24.7. The molecule has 0 saturated carbocycles. The second-order valence-corrected chi connectivity index (χ2v) is 8.07. The highest BCUT2D eigenvalue weighted by Crippen LogP contribution is 2.25. The number of hydrogen-bond acceptors (Lipinski definition) is 3. The van der Waals surface area contributed by atoms with E-state index < -0.39 is 0 Å². The van der Waals surface area contributed by atoms with Crippen LogP contribution in [0, 0.1) is 11.3 Å². The van der Waals surface area contributed by atoms with Gasteiger partial charge in [-0.05, 0) is 24.2 Å². The molecule has 0 aliphatic carbocycles. The molecule has 0 amide bonds. The van der Waals surface area contributed by atoms with Gasteiger partial charge in [0.2, 0.25) is 0 Å². The van der Waals surface area contributed by atoms with Crippen molar-refractivity contribution < 1.29 is 4.74 Å². The van der Waals surface area contributed by atoms with Crippen LogP contribution in [0.2, 0.25) is 0 Å². The third-order valence-corrected chi connectivity index (χ3v) is 4.49. The van der Waals surface area contributed by atoms with Crippen molar-refractivity contribution in [2.75, 3.05) is 32.8 Å². The minimum absolute atomic E-state index is 0.324. The topological polar surface area (TPSA) is 24.5 Å². The molecule has 3 nitrogen and oxygen atoms in total. The molecule has 1 rings (SSSR count). The van der Waals surface area contributed by atoms with E-state index in [-0.39, 0.29) is 0 Å². The van der Waals surface area contributed by atoms with Gasteiger partial charge in [0.25, 0.3) is 0 Å². The maximum absolute atomic E-state index is 5.79. The Morgan fingerprint density at radius 2 is 1.95 bits per heavy atom. The van der Waals surface area contributed by atoms with Crippen molar-refractivity contribution in [3.8, 4) is 0 Å². The van der Waals surface area contributed by atoms with Crippen molar-refractivity contribution in [2.45, 2.75) is 72.9 Å². The SMILES string of the molecule is CCCCOCCN1CC(C(C)(C)C)NCC1CC(C)C. The number of unbranched alkanes of at least 4 members (excludes halogenated alkanes) is 1. The van der Waals surface area contributed by atoms with Crippen molar-refractivity contribution >= 4 is 0 Å². The Balaban J connectivity index is 2.48. The Kier molecular flexibility index (Phi) is 8.22. The lowest BCUT2D eigenvalue weighted by Gasteiger charge is -2.45. The van der Waals surface area contributed by atoms with Gasteiger partial charge in [0.05, 0.1) is 6.61 Å². The van der Waals surface area contributed by atoms with E-state index in [0.717, 1.165) is 38.8 Å². The van der Waals surface area contributed by atoms with E-state index in [2.05, 4.69) is 51.8 Å². The summed E-state index contributed by atoms with van der Waals surface area (Å²) in [5.74, 6) is 0.756. The van der Waals surface area contributed by atoms with E-state index >= 15 is 0 Å².